The summed E-state index contributed by atoms with van der Waals surface area (Å²) in [4.78, 5) is 24.1. The second-order valence-electron chi connectivity index (χ2n) is 5.89. The lowest BCUT2D eigenvalue weighted by atomic mass is 9.94. The van der Waals surface area contributed by atoms with Gasteiger partial charge in [0, 0.05) is 27.6 Å². The van der Waals surface area contributed by atoms with Gasteiger partial charge in [0.2, 0.25) is 0 Å². The molecule has 2 heterocycles. The second-order valence-corrected chi connectivity index (χ2v) is 8.60. The quantitative estimate of drug-likeness (QED) is 0.578. The summed E-state index contributed by atoms with van der Waals surface area (Å²) >= 11 is 5.44. The molecule has 2 aliphatic heterocycles. The van der Waals surface area contributed by atoms with Gasteiger partial charge in [0.15, 0.2) is 0 Å². The summed E-state index contributed by atoms with van der Waals surface area (Å²) in [6.45, 7) is 0. The van der Waals surface area contributed by atoms with E-state index in [0.717, 1.165) is 39.0 Å². The molecule has 5 nitrogen and oxygen atoms in total. The van der Waals surface area contributed by atoms with Gasteiger partial charge in [-0.25, -0.2) is 0 Å². The molecule has 0 aliphatic carbocycles. The third kappa shape index (κ3) is 4.10. The van der Waals surface area contributed by atoms with E-state index in [4.69, 9.17) is 0 Å². The summed E-state index contributed by atoms with van der Waals surface area (Å²) in [5.41, 5.74) is 4.82. The maximum atomic E-state index is 12.1. The van der Waals surface area contributed by atoms with Crippen molar-refractivity contribution in [2.45, 2.75) is 0 Å². The zero-order valence-electron chi connectivity index (χ0n) is 14.4. The third-order valence-electron chi connectivity index (χ3n) is 4.08. The molecule has 4 rings (SSSR count). The molecule has 2 aromatic carbocycles. The number of allylic oxidation sites excluding steroid dienone is 4. The van der Waals surface area contributed by atoms with Gasteiger partial charge in [-0.05, 0) is 35.9 Å². The van der Waals surface area contributed by atoms with Crippen LogP contribution in [-0.4, -0.2) is 15.5 Å². The van der Waals surface area contributed by atoms with Gasteiger partial charge < -0.3 is 0 Å². The largest absolute Gasteiger partial charge is 0.301 e. The van der Waals surface area contributed by atoms with Crippen molar-refractivity contribution in [3.63, 3.8) is 0 Å². The number of hydrogen-bond acceptors (Lipinski definition) is 6. The Balaban J connectivity index is 1.28. The number of hydrogen-bond donors (Lipinski definition) is 2. The van der Waals surface area contributed by atoms with E-state index in [1.807, 2.05) is 34.6 Å². The standard InChI is InChI=1S/C20H14BrN3O2S2/c21-15-8-4-7-14(11-15)19(25)22-20(26)27-23-28-24-16-9-10-17(18(24)12-16)13-5-2-1-3-6-13/h1-12,23H,(H,22,25,26). The molecule has 2 N–H and O–H groups in total. The summed E-state index contributed by atoms with van der Waals surface area (Å²) in [5.74, 6) is -0.439. The highest BCUT2D eigenvalue weighted by Gasteiger charge is 2.30. The highest BCUT2D eigenvalue weighted by Crippen LogP contribution is 2.44. The van der Waals surface area contributed by atoms with Gasteiger partial charge in [-0.2, -0.15) is 4.13 Å². The molecule has 2 bridgehead atoms. The monoisotopic (exact) mass is 471 g/mol. The van der Waals surface area contributed by atoms with Crippen molar-refractivity contribution in [1.29, 1.82) is 0 Å². The lowest BCUT2D eigenvalue weighted by Crippen LogP contribution is -2.31. The molecule has 2 aromatic rings. The average Bonchev–Trinajstić information content (AvgIpc) is 2.71. The normalized spacial score (nSPS) is 14.5. The zero-order valence-corrected chi connectivity index (χ0v) is 17.6. The molecule has 2 amide bonds. The maximum Gasteiger partial charge on any atom is 0.301 e. The first-order valence-electron chi connectivity index (χ1n) is 8.31. The fourth-order valence-corrected chi connectivity index (χ4v) is 4.53. The molecule has 2 aliphatic rings. The number of carbonyl (C=O) groups excluding carboxylic acids is 2. The van der Waals surface area contributed by atoms with E-state index in [1.54, 1.807) is 18.2 Å². The fourth-order valence-electron chi connectivity index (χ4n) is 2.76. The first kappa shape index (κ1) is 19.1. The van der Waals surface area contributed by atoms with Gasteiger partial charge in [0.1, 0.15) is 0 Å². The van der Waals surface area contributed by atoms with Crippen molar-refractivity contribution in [2.75, 3.05) is 0 Å². The number of nitrogens with one attached hydrogen (secondary N) is 2. The van der Waals surface area contributed by atoms with E-state index >= 15 is 0 Å². The molecule has 0 radical (unpaired) electrons. The number of carbonyl (C=O) groups is 2. The maximum absolute atomic E-state index is 12.1. The van der Waals surface area contributed by atoms with Gasteiger partial charge in [0.05, 0.1) is 23.5 Å². The third-order valence-corrected chi connectivity index (χ3v) is 6.09. The van der Waals surface area contributed by atoms with Gasteiger partial charge in [-0.3, -0.25) is 19.2 Å². The first-order valence-corrected chi connectivity index (χ1v) is 10.7. The van der Waals surface area contributed by atoms with E-state index in [2.05, 4.69) is 49.7 Å². The van der Waals surface area contributed by atoms with Crippen LogP contribution < -0.4 is 9.44 Å². The molecule has 0 atom stereocenters. The highest BCUT2D eigenvalue weighted by molar-refractivity contribution is 9.10. The Kier molecular flexibility index (Phi) is 5.72. The lowest BCUT2D eigenvalue weighted by Gasteiger charge is -2.38. The van der Waals surface area contributed by atoms with E-state index in [1.165, 1.54) is 12.1 Å². The Labute approximate surface area is 179 Å². The molecule has 0 unspecified atom stereocenters. The topological polar surface area (TPSA) is 61.4 Å². The summed E-state index contributed by atoms with van der Waals surface area (Å²) in [6.07, 6.45) is 6.22. The first-order chi connectivity index (χ1) is 13.6. The molecule has 0 saturated heterocycles. The molecular weight excluding hydrogens is 458 g/mol. The van der Waals surface area contributed by atoms with Gasteiger partial charge in [-0.15, -0.1) is 0 Å². The number of halogens is 1. The van der Waals surface area contributed by atoms with E-state index in [0.29, 0.717) is 5.56 Å². The van der Waals surface area contributed by atoms with E-state index in [-0.39, 0.29) is 0 Å². The summed E-state index contributed by atoms with van der Waals surface area (Å²) in [5, 5.41) is 1.88. The second kappa shape index (κ2) is 8.40. The van der Waals surface area contributed by atoms with Crippen LogP contribution in [0, 0.1) is 0 Å². The van der Waals surface area contributed by atoms with Crippen molar-refractivity contribution in [1.82, 2.24) is 13.7 Å². The predicted molar refractivity (Wildman–Crippen MR) is 118 cm³/mol. The van der Waals surface area contributed by atoms with Crippen LogP contribution in [0.1, 0.15) is 15.9 Å². The van der Waals surface area contributed by atoms with Crippen LogP contribution in [-0.2, 0) is 0 Å². The Morgan fingerprint density at radius 2 is 1.82 bits per heavy atom. The smallest absolute Gasteiger partial charge is 0.282 e. The summed E-state index contributed by atoms with van der Waals surface area (Å²) < 4.78 is 5.73. The van der Waals surface area contributed by atoms with Crippen LogP contribution >= 0.6 is 40.0 Å². The molecule has 0 saturated carbocycles. The lowest BCUT2D eigenvalue weighted by molar-refractivity contribution is 0.0969. The number of nitrogens with zero attached hydrogens (tertiary/aromatic N) is 1. The van der Waals surface area contributed by atoms with Crippen molar-refractivity contribution in [2.24, 2.45) is 0 Å². The Morgan fingerprint density at radius 1 is 1.00 bits per heavy atom. The highest BCUT2D eigenvalue weighted by atomic mass is 79.9. The fraction of sp³-hybridized carbons (Fsp3) is 0. The minimum atomic E-state index is -0.468. The number of fused-ring (bicyclic) bond motifs is 2. The number of benzene rings is 2. The van der Waals surface area contributed by atoms with Crippen LogP contribution in [0.15, 0.2) is 88.7 Å². The SMILES string of the molecule is O=C(NC(=O)c1cccc(Br)c1)SNSN1c2ccc(-c3ccccc3)c1c2. The molecule has 28 heavy (non-hydrogen) atoms. The predicted octanol–water partition coefficient (Wildman–Crippen LogP) is 5.28. The molecule has 0 aromatic heterocycles. The summed E-state index contributed by atoms with van der Waals surface area (Å²) in [6, 6.07) is 17.0. The molecule has 0 spiro atoms. The summed E-state index contributed by atoms with van der Waals surface area (Å²) in [7, 11) is 0. The van der Waals surface area contributed by atoms with E-state index < -0.39 is 11.1 Å². The van der Waals surface area contributed by atoms with Crippen molar-refractivity contribution in [3.8, 4) is 0 Å². The Morgan fingerprint density at radius 3 is 2.57 bits per heavy atom. The minimum absolute atomic E-state index is 0.418. The van der Waals surface area contributed by atoms with Crippen LogP contribution in [0.5, 0.6) is 0 Å². The molecule has 8 heteroatoms. The van der Waals surface area contributed by atoms with E-state index in [9.17, 15) is 9.59 Å². The number of imide groups is 1. The van der Waals surface area contributed by atoms with Gasteiger partial charge in [0.25, 0.3) is 5.91 Å². The number of rotatable bonds is 5. The van der Waals surface area contributed by atoms with Crippen LogP contribution in [0.2, 0.25) is 0 Å². The molecule has 0 fully saturated rings. The van der Waals surface area contributed by atoms with Crippen molar-refractivity contribution >= 4 is 56.7 Å². The Hall–Kier alpha value is -2.26. The van der Waals surface area contributed by atoms with Gasteiger partial charge in [-0.1, -0.05) is 58.4 Å². The van der Waals surface area contributed by atoms with Crippen LogP contribution in [0.25, 0.3) is 5.57 Å². The number of amides is 2. The van der Waals surface area contributed by atoms with Crippen LogP contribution in [0.3, 0.4) is 0 Å². The van der Waals surface area contributed by atoms with Crippen molar-refractivity contribution in [3.05, 3.63) is 99.8 Å². The van der Waals surface area contributed by atoms with Crippen LogP contribution in [0.4, 0.5) is 4.79 Å². The Bertz CT molecular complexity index is 1030. The van der Waals surface area contributed by atoms with Gasteiger partial charge >= 0.3 is 5.24 Å². The molecule has 140 valence electrons. The molecular formula is C20H14BrN3O2S2. The minimum Gasteiger partial charge on any atom is -0.282 e. The van der Waals surface area contributed by atoms with Crippen molar-refractivity contribution < 1.29 is 9.59 Å². The zero-order chi connectivity index (χ0) is 19.5. The average molecular weight is 472 g/mol.